The Balaban J connectivity index is 2.17. The van der Waals surface area contributed by atoms with Gasteiger partial charge in [-0.1, -0.05) is 6.92 Å². The lowest BCUT2D eigenvalue weighted by molar-refractivity contribution is 0.222. The summed E-state index contributed by atoms with van der Waals surface area (Å²) in [6.07, 6.45) is 2.62. The van der Waals surface area contributed by atoms with Crippen molar-refractivity contribution < 1.29 is 4.74 Å². The maximum absolute atomic E-state index is 5.68. The minimum Gasteiger partial charge on any atom is -0.461 e. The zero-order chi connectivity index (χ0) is 14.5. The summed E-state index contributed by atoms with van der Waals surface area (Å²) in [5, 5.41) is 6.13. The average Bonchev–Trinajstić information content (AvgIpc) is 2.88. The zero-order valence-electron chi connectivity index (χ0n) is 11.7. The van der Waals surface area contributed by atoms with Gasteiger partial charge in [0.15, 0.2) is 0 Å². The SMILES string of the molecule is CCC(Nc1nc(N)nc(OC(C)C)n1)c1nccs1. The number of hydrogen-bond donors (Lipinski definition) is 2. The average molecular weight is 294 g/mol. The van der Waals surface area contributed by atoms with Crippen molar-refractivity contribution in [1.29, 1.82) is 0 Å². The molecule has 2 aromatic heterocycles. The topological polar surface area (TPSA) is 98.8 Å². The van der Waals surface area contributed by atoms with Gasteiger partial charge < -0.3 is 15.8 Å². The first kappa shape index (κ1) is 14.4. The molecule has 0 aliphatic carbocycles. The molecular formula is C12H18N6OS. The van der Waals surface area contributed by atoms with E-state index in [0.717, 1.165) is 11.4 Å². The Hall–Kier alpha value is -1.96. The molecule has 0 fully saturated rings. The third-order valence-electron chi connectivity index (χ3n) is 2.43. The first-order chi connectivity index (χ1) is 9.58. The van der Waals surface area contributed by atoms with E-state index in [2.05, 4.69) is 32.2 Å². The van der Waals surface area contributed by atoms with Crippen LogP contribution in [-0.2, 0) is 0 Å². The third-order valence-corrected chi connectivity index (χ3v) is 3.32. The molecule has 1 unspecified atom stereocenters. The van der Waals surface area contributed by atoms with Gasteiger partial charge in [-0.25, -0.2) is 4.98 Å². The number of thiazole rings is 1. The smallest absolute Gasteiger partial charge is 0.323 e. The lowest BCUT2D eigenvalue weighted by atomic mass is 10.2. The summed E-state index contributed by atoms with van der Waals surface area (Å²) < 4.78 is 5.45. The fraction of sp³-hybridized carbons (Fsp3) is 0.500. The van der Waals surface area contributed by atoms with Crippen molar-refractivity contribution >= 4 is 23.2 Å². The van der Waals surface area contributed by atoms with Gasteiger partial charge in [0, 0.05) is 11.6 Å². The van der Waals surface area contributed by atoms with Crippen LogP contribution < -0.4 is 15.8 Å². The zero-order valence-corrected chi connectivity index (χ0v) is 12.5. The molecule has 2 aromatic rings. The van der Waals surface area contributed by atoms with Crippen molar-refractivity contribution in [3.8, 4) is 6.01 Å². The number of nitrogens with zero attached hydrogens (tertiary/aromatic N) is 4. The van der Waals surface area contributed by atoms with Crippen LogP contribution in [0.2, 0.25) is 0 Å². The van der Waals surface area contributed by atoms with E-state index in [9.17, 15) is 0 Å². The highest BCUT2D eigenvalue weighted by Crippen LogP contribution is 2.23. The van der Waals surface area contributed by atoms with E-state index in [4.69, 9.17) is 10.5 Å². The molecule has 20 heavy (non-hydrogen) atoms. The quantitative estimate of drug-likeness (QED) is 0.843. The lowest BCUT2D eigenvalue weighted by Gasteiger charge is -2.15. The van der Waals surface area contributed by atoms with Crippen LogP contribution in [0, 0.1) is 0 Å². The molecule has 2 rings (SSSR count). The van der Waals surface area contributed by atoms with Crippen molar-refractivity contribution in [3.05, 3.63) is 16.6 Å². The lowest BCUT2D eigenvalue weighted by Crippen LogP contribution is -2.15. The summed E-state index contributed by atoms with van der Waals surface area (Å²) in [6.45, 7) is 5.87. The normalized spacial score (nSPS) is 12.4. The fourth-order valence-corrected chi connectivity index (χ4v) is 2.37. The van der Waals surface area contributed by atoms with Crippen molar-refractivity contribution in [2.75, 3.05) is 11.1 Å². The van der Waals surface area contributed by atoms with Crippen LogP contribution in [0.1, 0.15) is 38.2 Å². The Labute approximate surface area is 121 Å². The molecule has 0 spiro atoms. The van der Waals surface area contributed by atoms with Gasteiger partial charge in [0.05, 0.1) is 12.1 Å². The molecule has 0 aliphatic rings. The number of rotatable bonds is 6. The highest BCUT2D eigenvalue weighted by molar-refractivity contribution is 7.09. The Kier molecular flexibility index (Phi) is 4.67. The Morgan fingerprint density at radius 3 is 2.75 bits per heavy atom. The third kappa shape index (κ3) is 3.77. The van der Waals surface area contributed by atoms with Crippen molar-refractivity contribution in [1.82, 2.24) is 19.9 Å². The first-order valence-electron chi connectivity index (χ1n) is 6.42. The van der Waals surface area contributed by atoms with E-state index < -0.39 is 0 Å². The standard InChI is InChI=1S/C12H18N6OS/c1-4-8(9-14-5-6-20-9)15-11-16-10(13)17-12(18-11)19-7(2)3/h5-8H,4H2,1-3H3,(H3,13,15,16,17,18). The van der Waals surface area contributed by atoms with Gasteiger partial charge in [-0.05, 0) is 20.3 Å². The molecule has 108 valence electrons. The number of nitrogens with two attached hydrogens (primary N) is 1. The van der Waals surface area contributed by atoms with Gasteiger partial charge >= 0.3 is 6.01 Å². The molecule has 2 heterocycles. The molecule has 7 nitrogen and oxygen atoms in total. The highest BCUT2D eigenvalue weighted by atomic mass is 32.1. The van der Waals surface area contributed by atoms with Crippen molar-refractivity contribution in [2.45, 2.75) is 39.3 Å². The molecule has 0 radical (unpaired) electrons. The summed E-state index contributed by atoms with van der Waals surface area (Å²) >= 11 is 1.59. The number of anilines is 2. The first-order valence-corrected chi connectivity index (χ1v) is 7.30. The Morgan fingerprint density at radius 1 is 1.35 bits per heavy atom. The second-order valence-electron chi connectivity index (χ2n) is 4.44. The number of nitrogens with one attached hydrogen (secondary N) is 1. The van der Waals surface area contributed by atoms with E-state index in [1.54, 1.807) is 17.5 Å². The molecule has 0 bridgehead atoms. The van der Waals surface area contributed by atoms with E-state index in [1.807, 2.05) is 19.2 Å². The number of nitrogen functional groups attached to an aromatic ring is 1. The van der Waals surface area contributed by atoms with Gasteiger partial charge in [-0.15, -0.1) is 11.3 Å². The molecular weight excluding hydrogens is 276 g/mol. The van der Waals surface area contributed by atoms with E-state index in [-0.39, 0.29) is 24.1 Å². The monoisotopic (exact) mass is 294 g/mol. The van der Waals surface area contributed by atoms with Gasteiger partial charge in [0.25, 0.3) is 0 Å². The van der Waals surface area contributed by atoms with E-state index in [1.165, 1.54) is 0 Å². The largest absolute Gasteiger partial charge is 0.461 e. The van der Waals surface area contributed by atoms with Crippen molar-refractivity contribution in [3.63, 3.8) is 0 Å². The predicted octanol–water partition coefficient (Wildman–Crippen LogP) is 2.26. The summed E-state index contributed by atoms with van der Waals surface area (Å²) in [4.78, 5) is 16.5. The Morgan fingerprint density at radius 2 is 2.15 bits per heavy atom. The van der Waals surface area contributed by atoms with Gasteiger partial charge in [-0.3, -0.25) is 0 Å². The van der Waals surface area contributed by atoms with Crippen molar-refractivity contribution in [2.24, 2.45) is 0 Å². The molecule has 3 N–H and O–H groups in total. The molecule has 0 saturated heterocycles. The summed E-state index contributed by atoms with van der Waals surface area (Å²) in [7, 11) is 0. The highest BCUT2D eigenvalue weighted by Gasteiger charge is 2.15. The van der Waals surface area contributed by atoms with Crippen LogP contribution in [0.4, 0.5) is 11.9 Å². The summed E-state index contributed by atoms with van der Waals surface area (Å²) in [5.41, 5.74) is 5.68. The van der Waals surface area contributed by atoms with Crippen LogP contribution in [-0.4, -0.2) is 26.0 Å². The predicted molar refractivity (Wildman–Crippen MR) is 78.8 cm³/mol. The minimum atomic E-state index is -0.0226. The van der Waals surface area contributed by atoms with Crippen LogP contribution >= 0.6 is 11.3 Å². The summed E-state index contributed by atoms with van der Waals surface area (Å²) in [5.74, 6) is 0.530. The van der Waals surface area contributed by atoms with Crippen LogP contribution in [0.5, 0.6) is 6.01 Å². The molecule has 0 aromatic carbocycles. The van der Waals surface area contributed by atoms with Crippen LogP contribution in [0.15, 0.2) is 11.6 Å². The molecule has 0 aliphatic heterocycles. The molecule has 0 saturated carbocycles. The van der Waals surface area contributed by atoms with Gasteiger partial charge in [-0.2, -0.15) is 15.0 Å². The second kappa shape index (κ2) is 6.47. The van der Waals surface area contributed by atoms with E-state index in [0.29, 0.717) is 5.95 Å². The van der Waals surface area contributed by atoms with Crippen LogP contribution in [0.3, 0.4) is 0 Å². The molecule has 0 amide bonds. The fourth-order valence-electron chi connectivity index (χ4n) is 1.60. The van der Waals surface area contributed by atoms with Gasteiger partial charge in [0.1, 0.15) is 5.01 Å². The number of hydrogen-bond acceptors (Lipinski definition) is 8. The van der Waals surface area contributed by atoms with Crippen LogP contribution in [0.25, 0.3) is 0 Å². The minimum absolute atomic E-state index is 0.0226. The van der Waals surface area contributed by atoms with E-state index >= 15 is 0 Å². The molecule has 8 heteroatoms. The summed E-state index contributed by atoms with van der Waals surface area (Å²) in [6, 6.07) is 0.271. The number of ether oxygens (including phenoxy) is 1. The number of aromatic nitrogens is 4. The van der Waals surface area contributed by atoms with Gasteiger partial charge in [0.2, 0.25) is 11.9 Å². The second-order valence-corrected chi connectivity index (χ2v) is 5.37. The Bertz CT molecular complexity index is 545. The molecule has 1 atom stereocenters. The maximum atomic E-state index is 5.68. The maximum Gasteiger partial charge on any atom is 0.323 e.